The lowest BCUT2D eigenvalue weighted by molar-refractivity contribution is -0.384. The van der Waals surface area contributed by atoms with Crippen LogP contribution in [0.25, 0.3) is 0 Å². The van der Waals surface area contributed by atoms with Gasteiger partial charge in [0.2, 0.25) is 0 Å². The highest BCUT2D eigenvalue weighted by molar-refractivity contribution is 5.85. The maximum absolute atomic E-state index is 10.6. The average molecular weight is 248 g/mol. The minimum Gasteiger partial charge on any atom is -0.478 e. The summed E-state index contributed by atoms with van der Waals surface area (Å²) >= 11 is 0. The molecule has 1 aliphatic rings. The highest BCUT2D eigenvalue weighted by Crippen LogP contribution is 2.27. The van der Waals surface area contributed by atoms with Gasteiger partial charge >= 0.3 is 0 Å². The molecule has 5 heteroatoms. The molecule has 0 saturated heterocycles. The van der Waals surface area contributed by atoms with Crippen molar-refractivity contribution in [2.45, 2.75) is 32.2 Å². The van der Waals surface area contributed by atoms with Gasteiger partial charge in [-0.3, -0.25) is 10.1 Å². The molecular weight excluding hydrogens is 232 g/mol. The average Bonchev–Trinajstić information content (AvgIpc) is 2.69. The highest BCUT2D eigenvalue weighted by Gasteiger charge is 2.29. The van der Waals surface area contributed by atoms with E-state index in [1.165, 1.54) is 12.1 Å². The topological polar surface area (TPSA) is 64.7 Å². The third kappa shape index (κ3) is 2.50. The third-order valence-corrected chi connectivity index (χ3v) is 2.96. The van der Waals surface area contributed by atoms with Crippen LogP contribution in [-0.4, -0.2) is 23.0 Å². The predicted octanol–water partition coefficient (Wildman–Crippen LogP) is 2.91. The Hall–Kier alpha value is -1.91. The van der Waals surface area contributed by atoms with Crippen molar-refractivity contribution < 1.29 is 9.66 Å². The number of hydrogen-bond acceptors (Lipinski definition) is 4. The second-order valence-corrected chi connectivity index (χ2v) is 5.12. The van der Waals surface area contributed by atoms with Crippen LogP contribution in [0.2, 0.25) is 0 Å². The van der Waals surface area contributed by atoms with E-state index in [0.717, 1.165) is 5.56 Å². The first-order valence-electron chi connectivity index (χ1n) is 5.86. The van der Waals surface area contributed by atoms with Crippen LogP contribution in [-0.2, 0) is 4.74 Å². The smallest absolute Gasteiger partial charge is 0.269 e. The number of rotatable bonds is 3. The van der Waals surface area contributed by atoms with E-state index in [-0.39, 0.29) is 17.1 Å². The Bertz CT molecular complexity index is 491. The van der Waals surface area contributed by atoms with Crippen molar-refractivity contribution in [1.82, 2.24) is 0 Å². The lowest BCUT2D eigenvalue weighted by atomic mass is 10.0. The van der Waals surface area contributed by atoms with Crippen molar-refractivity contribution in [2.75, 3.05) is 6.61 Å². The molecular formula is C13H16N2O3. The molecule has 0 radical (unpaired) electrons. The van der Waals surface area contributed by atoms with Gasteiger partial charge in [0.15, 0.2) is 5.90 Å². The molecule has 0 spiro atoms. The summed E-state index contributed by atoms with van der Waals surface area (Å²) in [6.07, 6.45) is 0. The van der Waals surface area contributed by atoms with Crippen LogP contribution >= 0.6 is 0 Å². The molecule has 0 aliphatic carbocycles. The molecule has 1 atom stereocenters. The van der Waals surface area contributed by atoms with Crippen LogP contribution in [0.5, 0.6) is 0 Å². The van der Waals surface area contributed by atoms with Crippen LogP contribution in [0.15, 0.2) is 29.3 Å². The van der Waals surface area contributed by atoms with E-state index in [4.69, 9.17) is 4.74 Å². The SMILES string of the molecule is CC(C1=NC(C)(C)CO1)c1ccc([N+](=O)[O-])cc1. The van der Waals surface area contributed by atoms with E-state index >= 15 is 0 Å². The van der Waals surface area contributed by atoms with Gasteiger partial charge < -0.3 is 4.74 Å². The predicted molar refractivity (Wildman–Crippen MR) is 69.0 cm³/mol. The molecule has 0 bridgehead atoms. The zero-order valence-electron chi connectivity index (χ0n) is 10.7. The minimum absolute atomic E-state index is 0.0209. The normalized spacial score (nSPS) is 18.9. The van der Waals surface area contributed by atoms with Crippen molar-refractivity contribution in [3.8, 4) is 0 Å². The van der Waals surface area contributed by atoms with Gasteiger partial charge in [-0.05, 0) is 26.3 Å². The summed E-state index contributed by atoms with van der Waals surface area (Å²) in [5, 5.41) is 10.6. The van der Waals surface area contributed by atoms with Crippen LogP contribution in [0, 0.1) is 10.1 Å². The largest absolute Gasteiger partial charge is 0.478 e. The monoisotopic (exact) mass is 248 g/mol. The molecule has 1 heterocycles. The Labute approximate surface area is 106 Å². The zero-order chi connectivity index (χ0) is 13.3. The molecule has 0 amide bonds. The number of hydrogen-bond donors (Lipinski definition) is 0. The first-order chi connectivity index (χ1) is 8.39. The van der Waals surface area contributed by atoms with Gasteiger partial charge in [0.1, 0.15) is 6.61 Å². The summed E-state index contributed by atoms with van der Waals surface area (Å²) in [6.45, 7) is 6.60. The van der Waals surface area contributed by atoms with Crippen molar-refractivity contribution in [3.63, 3.8) is 0 Å². The Morgan fingerprint density at radius 3 is 2.44 bits per heavy atom. The number of ether oxygens (including phenoxy) is 1. The highest BCUT2D eigenvalue weighted by atomic mass is 16.6. The lowest BCUT2D eigenvalue weighted by Crippen LogP contribution is -2.17. The van der Waals surface area contributed by atoms with E-state index in [9.17, 15) is 10.1 Å². The fraction of sp³-hybridized carbons (Fsp3) is 0.462. The fourth-order valence-corrected chi connectivity index (χ4v) is 1.86. The van der Waals surface area contributed by atoms with Crippen molar-refractivity contribution >= 4 is 11.6 Å². The molecule has 2 rings (SSSR count). The van der Waals surface area contributed by atoms with Gasteiger partial charge in [0, 0.05) is 12.1 Å². The van der Waals surface area contributed by atoms with Crippen LogP contribution in [0.4, 0.5) is 5.69 Å². The van der Waals surface area contributed by atoms with E-state index in [1.807, 2.05) is 20.8 Å². The summed E-state index contributed by atoms with van der Waals surface area (Å²) < 4.78 is 5.58. The van der Waals surface area contributed by atoms with Crippen molar-refractivity contribution in [2.24, 2.45) is 4.99 Å². The number of non-ortho nitro benzene ring substituents is 1. The number of nitro groups is 1. The van der Waals surface area contributed by atoms with Gasteiger partial charge in [-0.25, -0.2) is 4.99 Å². The Morgan fingerprint density at radius 1 is 1.39 bits per heavy atom. The summed E-state index contributed by atoms with van der Waals surface area (Å²) in [5.41, 5.74) is 0.891. The molecule has 1 unspecified atom stereocenters. The van der Waals surface area contributed by atoms with E-state index < -0.39 is 4.92 Å². The maximum atomic E-state index is 10.6. The number of nitro benzene ring substituents is 1. The molecule has 18 heavy (non-hydrogen) atoms. The van der Waals surface area contributed by atoms with Gasteiger partial charge in [-0.15, -0.1) is 0 Å². The van der Waals surface area contributed by atoms with Gasteiger partial charge in [-0.2, -0.15) is 0 Å². The Kier molecular flexibility index (Phi) is 3.07. The third-order valence-electron chi connectivity index (χ3n) is 2.96. The fourth-order valence-electron chi connectivity index (χ4n) is 1.86. The summed E-state index contributed by atoms with van der Waals surface area (Å²) in [6, 6.07) is 6.51. The molecule has 1 aromatic carbocycles. The molecule has 0 fully saturated rings. The molecule has 1 aromatic rings. The number of benzene rings is 1. The van der Waals surface area contributed by atoms with E-state index in [1.54, 1.807) is 12.1 Å². The second-order valence-electron chi connectivity index (χ2n) is 5.12. The van der Waals surface area contributed by atoms with Gasteiger partial charge in [0.05, 0.1) is 16.4 Å². The van der Waals surface area contributed by atoms with Crippen molar-refractivity contribution in [3.05, 3.63) is 39.9 Å². The molecule has 0 aromatic heterocycles. The second kappa shape index (κ2) is 4.40. The van der Waals surface area contributed by atoms with Gasteiger partial charge in [0.25, 0.3) is 5.69 Å². The summed E-state index contributed by atoms with van der Waals surface area (Å²) in [4.78, 5) is 14.7. The minimum atomic E-state index is -0.402. The molecule has 1 aliphatic heterocycles. The van der Waals surface area contributed by atoms with Crippen molar-refractivity contribution in [1.29, 1.82) is 0 Å². The molecule has 5 nitrogen and oxygen atoms in total. The number of aliphatic imine (C=N–C) groups is 1. The molecule has 0 saturated carbocycles. The van der Waals surface area contributed by atoms with Crippen LogP contribution in [0.3, 0.4) is 0 Å². The van der Waals surface area contributed by atoms with E-state index in [0.29, 0.717) is 12.5 Å². The van der Waals surface area contributed by atoms with Crippen LogP contribution < -0.4 is 0 Å². The first kappa shape index (κ1) is 12.5. The molecule has 96 valence electrons. The summed E-state index contributed by atoms with van der Waals surface area (Å²) in [5.74, 6) is 0.724. The quantitative estimate of drug-likeness (QED) is 0.610. The Morgan fingerprint density at radius 2 is 2.00 bits per heavy atom. The first-order valence-corrected chi connectivity index (χ1v) is 5.86. The molecule has 0 N–H and O–H groups in total. The Balaban J connectivity index is 2.19. The lowest BCUT2D eigenvalue weighted by Gasteiger charge is -2.10. The summed E-state index contributed by atoms with van der Waals surface area (Å²) in [7, 11) is 0. The van der Waals surface area contributed by atoms with Crippen LogP contribution in [0.1, 0.15) is 32.3 Å². The van der Waals surface area contributed by atoms with E-state index in [2.05, 4.69) is 4.99 Å². The number of nitrogens with zero attached hydrogens (tertiary/aromatic N) is 2. The maximum Gasteiger partial charge on any atom is 0.269 e. The van der Waals surface area contributed by atoms with Gasteiger partial charge in [-0.1, -0.05) is 12.1 Å². The standard InChI is InChI=1S/C13H16N2O3/c1-9(12-14-13(2,3)8-18-12)10-4-6-11(7-5-10)15(16)17/h4-7,9H,8H2,1-3H3. The zero-order valence-corrected chi connectivity index (χ0v) is 10.7.